The van der Waals surface area contributed by atoms with Crippen LogP contribution in [0.4, 0.5) is 0 Å². The lowest BCUT2D eigenvalue weighted by atomic mass is 9.97. The Morgan fingerprint density at radius 2 is 2.26 bits per heavy atom. The van der Waals surface area contributed by atoms with Crippen LogP contribution in [0, 0.1) is 5.92 Å². The molecule has 0 bridgehead atoms. The fourth-order valence-electron chi connectivity index (χ4n) is 2.51. The van der Waals surface area contributed by atoms with Crippen molar-refractivity contribution < 1.29 is 4.79 Å². The standard InChI is InChI=1S/C14H18Cl2N2O/c1-17-14(19)11-3-2-6-18(9-11)8-10-4-5-12(15)7-13(10)16/h4-5,7,11H,2-3,6,8-9H2,1H3,(H,17,19)/t11-/m0/s1. The van der Waals surface area contributed by atoms with Crippen molar-refractivity contribution in [3.8, 4) is 0 Å². The third kappa shape index (κ3) is 3.85. The van der Waals surface area contributed by atoms with E-state index in [-0.39, 0.29) is 11.8 Å². The minimum absolute atomic E-state index is 0.0878. The zero-order valence-corrected chi connectivity index (χ0v) is 12.5. The lowest BCUT2D eigenvalue weighted by Crippen LogP contribution is -2.41. The maximum Gasteiger partial charge on any atom is 0.224 e. The molecule has 0 spiro atoms. The van der Waals surface area contributed by atoms with Gasteiger partial charge in [-0.15, -0.1) is 0 Å². The molecule has 0 unspecified atom stereocenters. The van der Waals surface area contributed by atoms with Crippen molar-refractivity contribution >= 4 is 29.1 Å². The summed E-state index contributed by atoms with van der Waals surface area (Å²) in [6.45, 7) is 2.56. The summed E-state index contributed by atoms with van der Waals surface area (Å²) in [6, 6.07) is 5.57. The molecule has 1 aromatic rings. The van der Waals surface area contributed by atoms with Gasteiger partial charge < -0.3 is 5.32 Å². The molecule has 1 heterocycles. The van der Waals surface area contributed by atoms with Gasteiger partial charge in [-0.1, -0.05) is 29.3 Å². The van der Waals surface area contributed by atoms with Gasteiger partial charge in [0.2, 0.25) is 5.91 Å². The third-order valence-electron chi connectivity index (χ3n) is 3.53. The van der Waals surface area contributed by atoms with E-state index < -0.39 is 0 Å². The fraction of sp³-hybridized carbons (Fsp3) is 0.500. The van der Waals surface area contributed by atoms with Crippen molar-refractivity contribution in [3.63, 3.8) is 0 Å². The maximum atomic E-state index is 11.7. The van der Waals surface area contributed by atoms with E-state index in [9.17, 15) is 4.79 Å². The predicted molar refractivity (Wildman–Crippen MR) is 78.5 cm³/mol. The van der Waals surface area contributed by atoms with Crippen molar-refractivity contribution in [2.45, 2.75) is 19.4 Å². The lowest BCUT2D eigenvalue weighted by Gasteiger charge is -2.31. The number of hydrogen-bond acceptors (Lipinski definition) is 2. The monoisotopic (exact) mass is 300 g/mol. The van der Waals surface area contributed by atoms with Crippen molar-refractivity contribution in [1.29, 1.82) is 0 Å². The van der Waals surface area contributed by atoms with E-state index in [1.54, 1.807) is 13.1 Å². The molecule has 1 fully saturated rings. The molecule has 1 amide bonds. The molecule has 1 N–H and O–H groups in total. The van der Waals surface area contributed by atoms with Crippen LogP contribution in [0.1, 0.15) is 18.4 Å². The van der Waals surface area contributed by atoms with Gasteiger partial charge in [0.1, 0.15) is 0 Å². The number of halogens is 2. The Bertz CT molecular complexity index is 465. The second kappa shape index (κ2) is 6.60. The highest BCUT2D eigenvalue weighted by Crippen LogP contribution is 2.24. The Labute approximate surface area is 123 Å². The SMILES string of the molecule is CNC(=O)[C@H]1CCCN(Cc2ccc(Cl)cc2Cl)C1. The molecule has 0 saturated carbocycles. The van der Waals surface area contributed by atoms with Crippen molar-refractivity contribution in [2.24, 2.45) is 5.92 Å². The summed E-state index contributed by atoms with van der Waals surface area (Å²) in [7, 11) is 1.69. The van der Waals surface area contributed by atoms with Crippen LogP contribution in [-0.4, -0.2) is 30.9 Å². The molecule has 1 aromatic carbocycles. The summed E-state index contributed by atoms with van der Waals surface area (Å²) >= 11 is 12.1. The molecule has 2 rings (SSSR count). The summed E-state index contributed by atoms with van der Waals surface area (Å²) in [4.78, 5) is 14.0. The maximum absolute atomic E-state index is 11.7. The fourth-order valence-corrected chi connectivity index (χ4v) is 2.98. The minimum atomic E-state index is 0.0878. The highest BCUT2D eigenvalue weighted by Gasteiger charge is 2.25. The summed E-state index contributed by atoms with van der Waals surface area (Å²) in [6.07, 6.45) is 2.01. The molecule has 104 valence electrons. The normalized spacial score (nSPS) is 20.3. The molecule has 0 aromatic heterocycles. The number of likely N-dealkylation sites (tertiary alicyclic amines) is 1. The first-order valence-corrected chi connectivity index (χ1v) is 7.23. The van der Waals surface area contributed by atoms with E-state index in [0.29, 0.717) is 10.0 Å². The van der Waals surface area contributed by atoms with Crippen LogP contribution in [0.3, 0.4) is 0 Å². The Hall–Kier alpha value is -0.770. The van der Waals surface area contributed by atoms with Gasteiger partial charge in [0.25, 0.3) is 0 Å². The quantitative estimate of drug-likeness (QED) is 0.931. The highest BCUT2D eigenvalue weighted by atomic mass is 35.5. The Kier molecular flexibility index (Phi) is 5.08. The van der Waals surface area contributed by atoms with Gasteiger partial charge in [-0.25, -0.2) is 0 Å². The van der Waals surface area contributed by atoms with E-state index in [0.717, 1.165) is 38.0 Å². The summed E-state index contributed by atoms with van der Waals surface area (Å²) in [5, 5.41) is 4.07. The molecule has 1 saturated heterocycles. The number of piperidine rings is 1. The summed E-state index contributed by atoms with van der Waals surface area (Å²) < 4.78 is 0. The van der Waals surface area contributed by atoms with E-state index >= 15 is 0 Å². The lowest BCUT2D eigenvalue weighted by molar-refractivity contribution is -0.126. The number of carbonyl (C=O) groups is 1. The zero-order chi connectivity index (χ0) is 13.8. The Balaban J connectivity index is 2.00. The van der Waals surface area contributed by atoms with Crippen molar-refractivity contribution in [1.82, 2.24) is 10.2 Å². The second-order valence-corrected chi connectivity index (χ2v) is 5.77. The van der Waals surface area contributed by atoms with E-state index in [2.05, 4.69) is 10.2 Å². The number of carbonyl (C=O) groups excluding carboxylic acids is 1. The second-order valence-electron chi connectivity index (χ2n) is 4.92. The molecule has 0 radical (unpaired) electrons. The molecule has 1 atom stereocenters. The van der Waals surface area contributed by atoms with Gasteiger partial charge >= 0.3 is 0 Å². The van der Waals surface area contributed by atoms with E-state index in [1.165, 1.54) is 0 Å². The van der Waals surface area contributed by atoms with Crippen molar-refractivity contribution in [3.05, 3.63) is 33.8 Å². The van der Waals surface area contributed by atoms with E-state index in [4.69, 9.17) is 23.2 Å². The van der Waals surface area contributed by atoms with Gasteiger partial charge in [0, 0.05) is 30.2 Å². The van der Waals surface area contributed by atoms with Crippen LogP contribution < -0.4 is 5.32 Å². The van der Waals surface area contributed by atoms with Crippen molar-refractivity contribution in [2.75, 3.05) is 20.1 Å². The van der Waals surface area contributed by atoms with Gasteiger partial charge in [-0.05, 0) is 37.1 Å². The summed E-state index contributed by atoms with van der Waals surface area (Å²) in [5.41, 5.74) is 1.06. The predicted octanol–water partition coefficient (Wildman–Crippen LogP) is 2.95. The smallest absolute Gasteiger partial charge is 0.224 e. The molecule has 1 aliphatic rings. The van der Waals surface area contributed by atoms with E-state index in [1.807, 2.05) is 12.1 Å². The molecule has 5 heteroatoms. The zero-order valence-electron chi connectivity index (χ0n) is 11.0. The minimum Gasteiger partial charge on any atom is -0.359 e. The number of amides is 1. The Morgan fingerprint density at radius 3 is 2.95 bits per heavy atom. The molecule has 3 nitrogen and oxygen atoms in total. The first-order valence-electron chi connectivity index (χ1n) is 6.48. The number of benzene rings is 1. The first-order chi connectivity index (χ1) is 9.10. The largest absolute Gasteiger partial charge is 0.359 e. The molecule has 0 aliphatic carbocycles. The summed E-state index contributed by atoms with van der Waals surface area (Å²) in [5.74, 6) is 0.219. The van der Waals surface area contributed by atoms with Crippen LogP contribution in [0.2, 0.25) is 10.0 Å². The average Bonchev–Trinajstić information content (AvgIpc) is 2.41. The topological polar surface area (TPSA) is 32.3 Å². The van der Waals surface area contributed by atoms with Crippen LogP contribution in [-0.2, 0) is 11.3 Å². The molecule has 1 aliphatic heterocycles. The van der Waals surface area contributed by atoms with Gasteiger partial charge in [-0.2, -0.15) is 0 Å². The van der Waals surface area contributed by atoms with Gasteiger partial charge in [0.05, 0.1) is 5.92 Å². The number of nitrogens with zero attached hydrogens (tertiary/aromatic N) is 1. The number of rotatable bonds is 3. The van der Waals surface area contributed by atoms with Crippen LogP contribution >= 0.6 is 23.2 Å². The number of nitrogens with one attached hydrogen (secondary N) is 1. The first kappa shape index (κ1) is 14.6. The van der Waals surface area contributed by atoms with Crippen LogP contribution in [0.25, 0.3) is 0 Å². The van der Waals surface area contributed by atoms with Gasteiger partial charge in [0.15, 0.2) is 0 Å². The molecular formula is C14H18Cl2N2O. The number of hydrogen-bond donors (Lipinski definition) is 1. The highest BCUT2D eigenvalue weighted by molar-refractivity contribution is 6.35. The molecule has 19 heavy (non-hydrogen) atoms. The van der Waals surface area contributed by atoms with Crippen LogP contribution in [0.5, 0.6) is 0 Å². The average molecular weight is 301 g/mol. The Morgan fingerprint density at radius 1 is 1.47 bits per heavy atom. The molecular weight excluding hydrogens is 283 g/mol. The third-order valence-corrected chi connectivity index (χ3v) is 4.12. The van der Waals surface area contributed by atoms with Crippen LogP contribution in [0.15, 0.2) is 18.2 Å². The van der Waals surface area contributed by atoms with Gasteiger partial charge in [-0.3, -0.25) is 9.69 Å².